The molecular formula is C12H19NOS2. The van der Waals surface area contributed by atoms with Gasteiger partial charge in [-0.05, 0) is 37.2 Å². The van der Waals surface area contributed by atoms with Gasteiger partial charge >= 0.3 is 0 Å². The highest BCUT2D eigenvalue weighted by Gasteiger charge is 2.16. The Morgan fingerprint density at radius 2 is 2.25 bits per heavy atom. The van der Waals surface area contributed by atoms with E-state index in [2.05, 4.69) is 22.1 Å². The second-order valence-electron chi connectivity index (χ2n) is 4.55. The Bertz CT molecular complexity index is 319. The Labute approximate surface area is 105 Å². The Balaban J connectivity index is 1.86. The molecule has 0 aliphatic carbocycles. The Hall–Kier alpha value is -0.0600. The summed E-state index contributed by atoms with van der Waals surface area (Å²) in [5.74, 6) is 3.47. The van der Waals surface area contributed by atoms with E-state index in [0.717, 1.165) is 18.0 Å². The van der Waals surface area contributed by atoms with Crippen molar-refractivity contribution in [3.63, 3.8) is 0 Å². The van der Waals surface area contributed by atoms with Crippen molar-refractivity contribution < 1.29 is 5.11 Å². The fraction of sp³-hybridized carbons (Fsp3) is 0.750. The molecule has 1 fully saturated rings. The van der Waals surface area contributed by atoms with Gasteiger partial charge in [0.25, 0.3) is 0 Å². The third-order valence-electron chi connectivity index (χ3n) is 2.91. The van der Waals surface area contributed by atoms with Gasteiger partial charge in [-0.15, -0.1) is 11.3 Å². The first-order chi connectivity index (χ1) is 7.74. The van der Waals surface area contributed by atoms with Crippen molar-refractivity contribution in [2.75, 3.05) is 11.5 Å². The molecule has 1 N–H and O–H groups in total. The third-order valence-corrected chi connectivity index (χ3v) is 4.88. The number of hydrogen-bond acceptors (Lipinski definition) is 4. The normalized spacial score (nSPS) is 19.9. The number of nitrogens with zero attached hydrogens (tertiary/aromatic N) is 1. The molecule has 90 valence electrons. The average molecular weight is 257 g/mol. The molecule has 1 aliphatic rings. The summed E-state index contributed by atoms with van der Waals surface area (Å²) in [7, 11) is 0. The van der Waals surface area contributed by atoms with Gasteiger partial charge in [0.1, 0.15) is 0 Å². The van der Waals surface area contributed by atoms with Crippen molar-refractivity contribution in [1.82, 2.24) is 4.98 Å². The van der Waals surface area contributed by atoms with E-state index in [1.807, 2.05) is 6.92 Å². The standard InChI is InChI=1S/C12H19NOS2/c1-9(14)6-11-8-16-12(13-11)7-10-2-4-15-5-3-10/h8-10,14H,2-7H2,1H3. The van der Waals surface area contributed by atoms with E-state index < -0.39 is 0 Å². The maximum Gasteiger partial charge on any atom is 0.0931 e. The van der Waals surface area contributed by atoms with E-state index in [1.54, 1.807) is 11.3 Å². The first kappa shape index (κ1) is 12.4. The van der Waals surface area contributed by atoms with Gasteiger partial charge in [0.2, 0.25) is 0 Å². The molecule has 16 heavy (non-hydrogen) atoms. The molecule has 2 nitrogen and oxygen atoms in total. The molecule has 4 heteroatoms. The van der Waals surface area contributed by atoms with E-state index in [-0.39, 0.29) is 6.10 Å². The van der Waals surface area contributed by atoms with Crippen LogP contribution in [0.2, 0.25) is 0 Å². The number of aliphatic hydroxyl groups excluding tert-OH is 1. The number of rotatable bonds is 4. The van der Waals surface area contributed by atoms with Crippen LogP contribution in [-0.2, 0) is 12.8 Å². The third kappa shape index (κ3) is 3.75. The molecule has 0 saturated carbocycles. The number of aliphatic hydroxyl groups is 1. The zero-order valence-electron chi connectivity index (χ0n) is 9.69. The summed E-state index contributed by atoms with van der Waals surface area (Å²) in [5.41, 5.74) is 1.06. The van der Waals surface area contributed by atoms with Gasteiger partial charge < -0.3 is 5.11 Å². The van der Waals surface area contributed by atoms with Crippen molar-refractivity contribution in [2.45, 2.75) is 38.7 Å². The molecule has 0 amide bonds. The molecule has 1 aromatic heterocycles. The summed E-state index contributed by atoms with van der Waals surface area (Å²) in [5, 5.41) is 12.7. The van der Waals surface area contributed by atoms with Crippen molar-refractivity contribution in [1.29, 1.82) is 0 Å². The second-order valence-corrected chi connectivity index (χ2v) is 6.71. The lowest BCUT2D eigenvalue weighted by Crippen LogP contribution is -2.12. The van der Waals surface area contributed by atoms with Gasteiger partial charge in [0, 0.05) is 18.2 Å². The fourth-order valence-electron chi connectivity index (χ4n) is 2.04. The van der Waals surface area contributed by atoms with Crippen LogP contribution in [0.15, 0.2) is 5.38 Å². The minimum Gasteiger partial charge on any atom is -0.393 e. The van der Waals surface area contributed by atoms with Crippen molar-refractivity contribution >= 4 is 23.1 Å². The van der Waals surface area contributed by atoms with E-state index in [0.29, 0.717) is 6.42 Å². The molecule has 1 unspecified atom stereocenters. The molecule has 1 aromatic rings. The van der Waals surface area contributed by atoms with Crippen LogP contribution in [0.3, 0.4) is 0 Å². The first-order valence-electron chi connectivity index (χ1n) is 5.93. The van der Waals surface area contributed by atoms with Crippen molar-refractivity contribution in [3.8, 4) is 0 Å². The van der Waals surface area contributed by atoms with Gasteiger partial charge in [0.05, 0.1) is 16.8 Å². The molecule has 0 spiro atoms. The summed E-state index contributed by atoms with van der Waals surface area (Å²) in [6.07, 6.45) is 4.25. The molecule has 1 saturated heterocycles. The molecule has 1 aliphatic heterocycles. The van der Waals surface area contributed by atoms with Crippen LogP contribution in [0, 0.1) is 5.92 Å². The lowest BCUT2D eigenvalue weighted by molar-refractivity contribution is 0.194. The van der Waals surface area contributed by atoms with Gasteiger partial charge in [-0.2, -0.15) is 11.8 Å². The van der Waals surface area contributed by atoms with Gasteiger partial charge in [0.15, 0.2) is 0 Å². The molecule has 1 atom stereocenters. The average Bonchev–Trinajstić information content (AvgIpc) is 2.66. The smallest absolute Gasteiger partial charge is 0.0931 e. The maximum absolute atomic E-state index is 9.30. The van der Waals surface area contributed by atoms with Crippen molar-refractivity contribution in [2.24, 2.45) is 5.92 Å². The predicted octanol–water partition coefficient (Wildman–Crippen LogP) is 2.75. The highest BCUT2D eigenvalue weighted by atomic mass is 32.2. The highest BCUT2D eigenvalue weighted by molar-refractivity contribution is 7.99. The van der Waals surface area contributed by atoms with Crippen LogP contribution in [0.4, 0.5) is 0 Å². The Morgan fingerprint density at radius 3 is 2.94 bits per heavy atom. The molecule has 0 bridgehead atoms. The Morgan fingerprint density at radius 1 is 1.50 bits per heavy atom. The van der Waals surface area contributed by atoms with E-state index in [9.17, 15) is 5.11 Å². The summed E-state index contributed by atoms with van der Waals surface area (Å²) in [6.45, 7) is 1.82. The topological polar surface area (TPSA) is 33.1 Å². The van der Waals surface area contributed by atoms with E-state index >= 15 is 0 Å². The first-order valence-corrected chi connectivity index (χ1v) is 7.96. The second kappa shape index (κ2) is 6.03. The molecule has 2 rings (SSSR count). The summed E-state index contributed by atoms with van der Waals surface area (Å²) in [6, 6.07) is 0. The molecule has 2 heterocycles. The summed E-state index contributed by atoms with van der Waals surface area (Å²) < 4.78 is 0. The monoisotopic (exact) mass is 257 g/mol. The zero-order valence-corrected chi connectivity index (χ0v) is 11.3. The van der Waals surface area contributed by atoms with Crippen LogP contribution < -0.4 is 0 Å². The summed E-state index contributed by atoms with van der Waals surface area (Å²) in [4.78, 5) is 4.60. The van der Waals surface area contributed by atoms with E-state index in [4.69, 9.17) is 0 Å². The van der Waals surface area contributed by atoms with Crippen molar-refractivity contribution in [3.05, 3.63) is 16.1 Å². The van der Waals surface area contributed by atoms with Crippen LogP contribution in [0.25, 0.3) is 0 Å². The SMILES string of the molecule is CC(O)Cc1csc(CC2CCSCC2)n1. The quantitative estimate of drug-likeness (QED) is 0.900. The number of hydrogen-bond donors (Lipinski definition) is 1. The fourth-order valence-corrected chi connectivity index (χ4v) is 4.16. The highest BCUT2D eigenvalue weighted by Crippen LogP contribution is 2.27. The largest absolute Gasteiger partial charge is 0.393 e. The minimum atomic E-state index is -0.277. The lowest BCUT2D eigenvalue weighted by Gasteiger charge is -2.19. The Kier molecular flexibility index (Phi) is 4.67. The van der Waals surface area contributed by atoms with E-state index in [1.165, 1.54) is 29.4 Å². The maximum atomic E-state index is 9.30. The summed E-state index contributed by atoms with van der Waals surface area (Å²) >= 11 is 3.83. The van der Waals surface area contributed by atoms with Crippen LogP contribution in [0.5, 0.6) is 0 Å². The number of aromatic nitrogens is 1. The van der Waals surface area contributed by atoms with Gasteiger partial charge in [-0.25, -0.2) is 4.98 Å². The van der Waals surface area contributed by atoms with Gasteiger partial charge in [-0.1, -0.05) is 0 Å². The lowest BCUT2D eigenvalue weighted by atomic mass is 9.99. The molecule has 0 radical (unpaired) electrons. The van der Waals surface area contributed by atoms with Crippen LogP contribution >= 0.6 is 23.1 Å². The van der Waals surface area contributed by atoms with Crippen LogP contribution in [0.1, 0.15) is 30.5 Å². The molecule has 0 aromatic carbocycles. The zero-order chi connectivity index (χ0) is 11.4. The van der Waals surface area contributed by atoms with Gasteiger partial charge in [-0.3, -0.25) is 0 Å². The minimum absolute atomic E-state index is 0.277. The number of thioether (sulfide) groups is 1. The van der Waals surface area contributed by atoms with Crippen LogP contribution in [-0.4, -0.2) is 27.7 Å². The predicted molar refractivity (Wildman–Crippen MR) is 71.3 cm³/mol. The number of thiazole rings is 1. The molecular weight excluding hydrogens is 238 g/mol.